The van der Waals surface area contributed by atoms with Gasteiger partial charge < -0.3 is 5.11 Å². The maximum atomic E-state index is 11.6. The number of nitro groups is 1. The molecule has 0 radical (unpaired) electrons. The number of rotatable bonds is 3. The Kier molecular flexibility index (Phi) is 3.58. The molecule has 0 aliphatic carbocycles. The third kappa shape index (κ3) is 2.42. The van der Waals surface area contributed by atoms with Crippen LogP contribution in [0.15, 0.2) is 72.8 Å². The van der Waals surface area contributed by atoms with Crippen LogP contribution < -0.4 is 0 Å². The normalized spacial score (nSPS) is 10.4. The Morgan fingerprint density at radius 3 is 1.86 bits per heavy atom. The van der Waals surface area contributed by atoms with Crippen molar-refractivity contribution in [1.82, 2.24) is 0 Å². The van der Waals surface area contributed by atoms with Crippen LogP contribution in [0, 0.1) is 10.1 Å². The summed E-state index contributed by atoms with van der Waals surface area (Å²) < 4.78 is 0. The van der Waals surface area contributed by atoms with E-state index in [1.54, 1.807) is 30.3 Å². The van der Waals surface area contributed by atoms with Crippen LogP contribution in [0.5, 0.6) is 5.75 Å². The Morgan fingerprint density at radius 1 is 0.773 bits per heavy atom. The zero-order chi connectivity index (χ0) is 15.5. The van der Waals surface area contributed by atoms with Crippen LogP contribution >= 0.6 is 0 Å². The van der Waals surface area contributed by atoms with E-state index in [0.29, 0.717) is 11.1 Å². The highest BCUT2D eigenvalue weighted by atomic mass is 16.6. The predicted molar refractivity (Wildman–Crippen MR) is 85.6 cm³/mol. The SMILES string of the molecule is O=[N+]([O-])c1c(-c2ccccc2)ccc(O)c1-c1ccccc1. The molecule has 0 bridgehead atoms. The molecule has 4 heteroatoms. The van der Waals surface area contributed by atoms with Gasteiger partial charge in [-0.2, -0.15) is 0 Å². The molecule has 1 N–H and O–H groups in total. The van der Waals surface area contributed by atoms with Crippen LogP contribution in [-0.2, 0) is 0 Å². The van der Waals surface area contributed by atoms with Crippen LogP contribution in [0.3, 0.4) is 0 Å². The lowest BCUT2D eigenvalue weighted by atomic mass is 9.95. The molecule has 108 valence electrons. The van der Waals surface area contributed by atoms with E-state index in [9.17, 15) is 15.2 Å². The predicted octanol–water partition coefficient (Wildman–Crippen LogP) is 4.63. The van der Waals surface area contributed by atoms with Crippen molar-refractivity contribution in [3.63, 3.8) is 0 Å². The highest BCUT2D eigenvalue weighted by Crippen LogP contribution is 2.43. The molecule has 0 unspecified atom stereocenters. The second-order valence-electron chi connectivity index (χ2n) is 4.85. The van der Waals surface area contributed by atoms with Gasteiger partial charge in [-0.25, -0.2) is 0 Å². The third-order valence-electron chi connectivity index (χ3n) is 3.49. The quantitative estimate of drug-likeness (QED) is 0.565. The molecule has 0 aliphatic heterocycles. The molecule has 3 rings (SSSR count). The van der Waals surface area contributed by atoms with E-state index in [2.05, 4.69) is 0 Å². The molecule has 0 spiro atoms. The summed E-state index contributed by atoms with van der Waals surface area (Å²) in [5.74, 6) is -0.0995. The highest BCUT2D eigenvalue weighted by molar-refractivity contribution is 5.89. The zero-order valence-electron chi connectivity index (χ0n) is 11.6. The van der Waals surface area contributed by atoms with Gasteiger partial charge in [0.05, 0.1) is 10.5 Å². The Labute approximate surface area is 127 Å². The maximum absolute atomic E-state index is 11.6. The van der Waals surface area contributed by atoms with Crippen molar-refractivity contribution >= 4 is 5.69 Å². The Balaban J connectivity index is 2.33. The summed E-state index contributed by atoms with van der Waals surface area (Å²) in [6.45, 7) is 0. The van der Waals surface area contributed by atoms with Crippen LogP contribution in [0.1, 0.15) is 0 Å². The molecule has 0 saturated heterocycles. The molecule has 0 amide bonds. The van der Waals surface area contributed by atoms with E-state index >= 15 is 0 Å². The standard InChI is InChI=1S/C18H13NO3/c20-16-12-11-15(13-7-3-1-4-8-13)18(19(21)22)17(16)14-9-5-2-6-10-14/h1-12,20H. The maximum Gasteiger partial charge on any atom is 0.288 e. The molecule has 0 aliphatic rings. The monoisotopic (exact) mass is 291 g/mol. The first kappa shape index (κ1) is 13.8. The fourth-order valence-electron chi connectivity index (χ4n) is 2.51. The Bertz CT molecular complexity index is 814. The summed E-state index contributed by atoms with van der Waals surface area (Å²) in [5.41, 5.74) is 2.00. The Morgan fingerprint density at radius 2 is 1.32 bits per heavy atom. The lowest BCUT2D eigenvalue weighted by molar-refractivity contribution is -0.383. The largest absolute Gasteiger partial charge is 0.507 e. The van der Waals surface area contributed by atoms with Gasteiger partial charge in [-0.05, 0) is 23.3 Å². The van der Waals surface area contributed by atoms with Gasteiger partial charge in [-0.3, -0.25) is 10.1 Å². The van der Waals surface area contributed by atoms with Gasteiger partial charge in [-0.1, -0.05) is 60.7 Å². The molecule has 4 nitrogen and oxygen atoms in total. The molecular weight excluding hydrogens is 278 g/mol. The molecule has 0 aromatic heterocycles. The number of phenols is 1. The van der Waals surface area contributed by atoms with Gasteiger partial charge in [0.15, 0.2) is 0 Å². The van der Waals surface area contributed by atoms with Gasteiger partial charge in [0, 0.05) is 0 Å². The van der Waals surface area contributed by atoms with E-state index in [0.717, 1.165) is 5.56 Å². The smallest absolute Gasteiger partial charge is 0.288 e. The summed E-state index contributed by atoms with van der Waals surface area (Å²) in [6, 6.07) is 21.1. The van der Waals surface area contributed by atoms with Gasteiger partial charge in [0.25, 0.3) is 5.69 Å². The minimum Gasteiger partial charge on any atom is -0.507 e. The molecule has 3 aromatic rings. The van der Waals surface area contributed by atoms with E-state index in [1.807, 2.05) is 36.4 Å². The third-order valence-corrected chi connectivity index (χ3v) is 3.49. The lowest BCUT2D eigenvalue weighted by Crippen LogP contribution is -1.96. The van der Waals surface area contributed by atoms with E-state index in [4.69, 9.17) is 0 Å². The number of hydrogen-bond acceptors (Lipinski definition) is 3. The number of phenolic OH excluding ortho intramolecular Hbond substituents is 1. The van der Waals surface area contributed by atoms with Gasteiger partial charge in [0.2, 0.25) is 0 Å². The zero-order valence-corrected chi connectivity index (χ0v) is 11.6. The van der Waals surface area contributed by atoms with Gasteiger partial charge in [-0.15, -0.1) is 0 Å². The van der Waals surface area contributed by atoms with Crippen molar-refractivity contribution in [2.75, 3.05) is 0 Å². The molecule has 0 fully saturated rings. The van der Waals surface area contributed by atoms with Crippen molar-refractivity contribution < 1.29 is 10.0 Å². The van der Waals surface area contributed by atoms with E-state index in [1.165, 1.54) is 6.07 Å². The topological polar surface area (TPSA) is 63.4 Å². The minimum absolute atomic E-state index is 0.0857. The van der Waals surface area contributed by atoms with Crippen LogP contribution in [0.2, 0.25) is 0 Å². The van der Waals surface area contributed by atoms with Crippen molar-refractivity contribution in [1.29, 1.82) is 0 Å². The van der Waals surface area contributed by atoms with Gasteiger partial charge >= 0.3 is 0 Å². The molecule has 0 saturated carbocycles. The van der Waals surface area contributed by atoms with Crippen molar-refractivity contribution in [3.05, 3.63) is 82.9 Å². The minimum atomic E-state index is -0.440. The molecule has 22 heavy (non-hydrogen) atoms. The van der Waals surface area contributed by atoms with Crippen molar-refractivity contribution in [2.24, 2.45) is 0 Å². The van der Waals surface area contributed by atoms with E-state index < -0.39 is 4.92 Å². The van der Waals surface area contributed by atoms with Crippen LogP contribution in [0.25, 0.3) is 22.3 Å². The number of benzene rings is 3. The average Bonchev–Trinajstić information content (AvgIpc) is 2.56. The van der Waals surface area contributed by atoms with Crippen LogP contribution in [-0.4, -0.2) is 10.0 Å². The molecule has 0 heterocycles. The lowest BCUT2D eigenvalue weighted by Gasteiger charge is -2.10. The summed E-state index contributed by atoms with van der Waals surface area (Å²) in [7, 11) is 0. The van der Waals surface area contributed by atoms with Gasteiger partial charge in [0.1, 0.15) is 11.3 Å². The second kappa shape index (κ2) is 5.69. The first-order chi connectivity index (χ1) is 10.7. The van der Waals surface area contributed by atoms with Crippen molar-refractivity contribution in [2.45, 2.75) is 0 Å². The first-order valence-corrected chi connectivity index (χ1v) is 6.79. The Hall–Kier alpha value is -3.14. The molecular formula is C18H13NO3. The fraction of sp³-hybridized carbons (Fsp3) is 0. The number of hydrogen-bond donors (Lipinski definition) is 1. The summed E-state index contributed by atoms with van der Waals surface area (Å²) in [5, 5.41) is 21.8. The van der Waals surface area contributed by atoms with E-state index in [-0.39, 0.29) is 17.0 Å². The summed E-state index contributed by atoms with van der Waals surface area (Å²) in [6.07, 6.45) is 0. The fourth-order valence-corrected chi connectivity index (χ4v) is 2.51. The number of nitro benzene ring substituents is 1. The molecule has 3 aromatic carbocycles. The molecule has 0 atom stereocenters. The van der Waals surface area contributed by atoms with Crippen molar-refractivity contribution in [3.8, 4) is 28.0 Å². The van der Waals surface area contributed by atoms with Crippen LogP contribution in [0.4, 0.5) is 5.69 Å². The first-order valence-electron chi connectivity index (χ1n) is 6.79. The number of aromatic hydroxyl groups is 1. The summed E-state index contributed by atoms with van der Waals surface area (Å²) >= 11 is 0. The summed E-state index contributed by atoms with van der Waals surface area (Å²) in [4.78, 5) is 11.2. The average molecular weight is 291 g/mol. The second-order valence-corrected chi connectivity index (χ2v) is 4.85. The number of nitrogens with zero attached hydrogens (tertiary/aromatic N) is 1. The highest BCUT2D eigenvalue weighted by Gasteiger charge is 2.25.